The standard InChI is InChI=1S/C9H16O9/c10-2(8(16)17)1-9(18)6(14)4(12)3(11)5(13)7(9)15/h2-7,10-15,18H,1H2,(H,16,17). The number of aliphatic carboxylic acids is 1. The predicted octanol–water partition coefficient (Wildman–Crippen LogP) is -4.63. The lowest BCUT2D eigenvalue weighted by molar-refractivity contribution is -0.274. The van der Waals surface area contributed by atoms with Crippen LogP contribution in [0.2, 0.25) is 0 Å². The van der Waals surface area contributed by atoms with E-state index in [0.717, 1.165) is 0 Å². The van der Waals surface area contributed by atoms with E-state index in [1.54, 1.807) is 0 Å². The Morgan fingerprint density at radius 3 is 1.72 bits per heavy atom. The van der Waals surface area contributed by atoms with Crippen LogP contribution in [0, 0.1) is 0 Å². The van der Waals surface area contributed by atoms with Crippen molar-refractivity contribution in [1.29, 1.82) is 0 Å². The van der Waals surface area contributed by atoms with Crippen LogP contribution < -0.4 is 0 Å². The highest BCUT2D eigenvalue weighted by atomic mass is 16.4. The van der Waals surface area contributed by atoms with Crippen LogP contribution in [-0.4, -0.2) is 89.0 Å². The summed E-state index contributed by atoms with van der Waals surface area (Å²) in [5.74, 6) is -1.71. The minimum Gasteiger partial charge on any atom is -0.479 e. The number of carbonyl (C=O) groups is 1. The summed E-state index contributed by atoms with van der Waals surface area (Å²) >= 11 is 0. The molecule has 8 N–H and O–H groups in total. The molecule has 1 rings (SSSR count). The largest absolute Gasteiger partial charge is 0.479 e. The van der Waals surface area contributed by atoms with Crippen molar-refractivity contribution in [3.05, 3.63) is 0 Å². The van der Waals surface area contributed by atoms with Gasteiger partial charge in [-0.2, -0.15) is 0 Å². The zero-order chi connectivity index (χ0) is 14.2. The van der Waals surface area contributed by atoms with Gasteiger partial charge in [0.25, 0.3) is 0 Å². The number of rotatable bonds is 3. The van der Waals surface area contributed by atoms with Crippen LogP contribution in [0.25, 0.3) is 0 Å². The Morgan fingerprint density at radius 1 is 1.00 bits per heavy atom. The normalized spacial score (nSPS) is 46.7. The van der Waals surface area contributed by atoms with Crippen LogP contribution in [0.5, 0.6) is 0 Å². The lowest BCUT2D eigenvalue weighted by atomic mass is 9.72. The summed E-state index contributed by atoms with van der Waals surface area (Å²) in [6.07, 6.45) is -13.3. The second-order valence-corrected chi connectivity index (χ2v) is 4.41. The Labute approximate surface area is 101 Å². The lowest BCUT2D eigenvalue weighted by Crippen LogP contribution is -2.71. The quantitative estimate of drug-likeness (QED) is 0.250. The van der Waals surface area contributed by atoms with Crippen LogP contribution in [0.3, 0.4) is 0 Å². The minimum atomic E-state index is -2.66. The van der Waals surface area contributed by atoms with Crippen molar-refractivity contribution in [3.8, 4) is 0 Å². The summed E-state index contributed by atoms with van der Waals surface area (Å²) in [6.45, 7) is 0. The van der Waals surface area contributed by atoms with Crippen LogP contribution in [0.1, 0.15) is 6.42 Å². The molecule has 9 nitrogen and oxygen atoms in total. The Kier molecular flexibility index (Phi) is 4.28. The zero-order valence-electron chi connectivity index (χ0n) is 9.16. The molecular formula is C9H16O9. The van der Waals surface area contributed by atoms with Crippen molar-refractivity contribution in [2.75, 3.05) is 0 Å². The van der Waals surface area contributed by atoms with Gasteiger partial charge in [-0.15, -0.1) is 0 Å². The summed E-state index contributed by atoms with van der Waals surface area (Å²) in [5.41, 5.74) is -2.66. The topological polar surface area (TPSA) is 179 Å². The van der Waals surface area contributed by atoms with E-state index >= 15 is 0 Å². The third kappa shape index (κ3) is 2.34. The third-order valence-electron chi connectivity index (χ3n) is 3.18. The molecule has 18 heavy (non-hydrogen) atoms. The molecule has 9 heteroatoms. The molecule has 106 valence electrons. The van der Waals surface area contributed by atoms with Gasteiger partial charge < -0.3 is 40.9 Å². The average Bonchev–Trinajstić information content (AvgIpc) is 2.32. The van der Waals surface area contributed by atoms with E-state index < -0.39 is 54.6 Å². The van der Waals surface area contributed by atoms with Crippen molar-refractivity contribution < 1.29 is 45.6 Å². The molecule has 5 atom stereocenters. The maximum atomic E-state index is 10.5. The van der Waals surface area contributed by atoms with Gasteiger partial charge >= 0.3 is 5.97 Å². The van der Waals surface area contributed by atoms with Crippen molar-refractivity contribution in [1.82, 2.24) is 0 Å². The SMILES string of the molecule is O=C(O)C(O)CC1(O)C(O)C(O)C(O)C(O)C1O. The lowest BCUT2D eigenvalue weighted by Gasteiger charge is -2.48. The molecule has 0 aromatic carbocycles. The van der Waals surface area contributed by atoms with Gasteiger partial charge in [-0.3, -0.25) is 0 Å². The predicted molar refractivity (Wildman–Crippen MR) is 53.2 cm³/mol. The number of carboxylic acid groups (broad SMARTS) is 1. The molecular weight excluding hydrogens is 252 g/mol. The van der Waals surface area contributed by atoms with Crippen LogP contribution in [-0.2, 0) is 4.79 Å². The van der Waals surface area contributed by atoms with E-state index in [2.05, 4.69) is 0 Å². The fourth-order valence-corrected chi connectivity index (χ4v) is 1.98. The average molecular weight is 268 g/mol. The fraction of sp³-hybridized carbons (Fsp3) is 0.889. The molecule has 0 saturated heterocycles. The van der Waals surface area contributed by atoms with Crippen molar-refractivity contribution in [2.45, 2.75) is 48.6 Å². The highest BCUT2D eigenvalue weighted by Gasteiger charge is 2.58. The Bertz CT molecular complexity index is 303. The first-order chi connectivity index (χ1) is 8.12. The second kappa shape index (κ2) is 5.05. The van der Waals surface area contributed by atoms with Gasteiger partial charge in [-0.25, -0.2) is 4.79 Å². The van der Waals surface area contributed by atoms with Gasteiger partial charge in [0.2, 0.25) is 0 Å². The monoisotopic (exact) mass is 268 g/mol. The molecule has 0 radical (unpaired) electrons. The molecule has 1 saturated carbocycles. The molecule has 0 aliphatic heterocycles. The second-order valence-electron chi connectivity index (χ2n) is 4.41. The van der Waals surface area contributed by atoms with Crippen molar-refractivity contribution >= 4 is 5.97 Å². The van der Waals surface area contributed by atoms with Crippen LogP contribution in [0.4, 0.5) is 0 Å². The highest BCUT2D eigenvalue weighted by Crippen LogP contribution is 2.33. The Balaban J connectivity index is 2.99. The Morgan fingerprint density at radius 2 is 1.39 bits per heavy atom. The maximum Gasteiger partial charge on any atom is 0.332 e. The molecule has 0 bridgehead atoms. The highest BCUT2D eigenvalue weighted by molar-refractivity contribution is 5.72. The number of hydrogen-bond acceptors (Lipinski definition) is 8. The smallest absolute Gasteiger partial charge is 0.332 e. The molecule has 0 aromatic heterocycles. The summed E-state index contributed by atoms with van der Waals surface area (Å²) in [7, 11) is 0. The minimum absolute atomic E-state index is 1.02. The first-order valence-corrected chi connectivity index (χ1v) is 5.16. The van der Waals surface area contributed by atoms with Gasteiger partial charge in [0, 0.05) is 6.42 Å². The molecule has 0 aromatic rings. The van der Waals surface area contributed by atoms with Gasteiger partial charge in [0.05, 0.1) is 0 Å². The van der Waals surface area contributed by atoms with Gasteiger partial charge in [-0.1, -0.05) is 0 Å². The first-order valence-electron chi connectivity index (χ1n) is 5.16. The van der Waals surface area contributed by atoms with Crippen molar-refractivity contribution in [2.24, 2.45) is 0 Å². The number of aliphatic hydroxyl groups is 7. The number of carboxylic acids is 1. The van der Waals surface area contributed by atoms with E-state index in [-0.39, 0.29) is 0 Å². The summed E-state index contributed by atoms with van der Waals surface area (Å²) in [4.78, 5) is 10.5. The molecule has 5 unspecified atom stereocenters. The van der Waals surface area contributed by atoms with Crippen molar-refractivity contribution in [3.63, 3.8) is 0 Å². The number of hydrogen-bond donors (Lipinski definition) is 8. The zero-order valence-corrected chi connectivity index (χ0v) is 9.16. The summed E-state index contributed by atoms with van der Waals surface area (Å²) in [6, 6.07) is 0. The van der Waals surface area contributed by atoms with E-state index in [9.17, 15) is 35.4 Å². The molecule has 1 fully saturated rings. The third-order valence-corrected chi connectivity index (χ3v) is 3.18. The van der Waals surface area contributed by atoms with Gasteiger partial charge in [0.1, 0.15) is 36.1 Å². The molecule has 0 heterocycles. The Hall–Kier alpha value is -0.810. The van der Waals surface area contributed by atoms with E-state index in [4.69, 9.17) is 10.2 Å². The maximum absolute atomic E-state index is 10.5. The van der Waals surface area contributed by atoms with E-state index in [1.165, 1.54) is 0 Å². The van der Waals surface area contributed by atoms with E-state index in [0.29, 0.717) is 0 Å². The van der Waals surface area contributed by atoms with Crippen LogP contribution in [0.15, 0.2) is 0 Å². The molecule has 0 spiro atoms. The molecule has 1 aliphatic carbocycles. The summed E-state index contributed by atoms with van der Waals surface area (Å²) < 4.78 is 0. The van der Waals surface area contributed by atoms with Gasteiger partial charge in [-0.05, 0) is 0 Å². The van der Waals surface area contributed by atoms with Crippen LogP contribution >= 0.6 is 0 Å². The van der Waals surface area contributed by atoms with E-state index in [1.807, 2.05) is 0 Å². The molecule has 1 aliphatic rings. The number of aliphatic hydroxyl groups excluding tert-OH is 6. The fourth-order valence-electron chi connectivity index (χ4n) is 1.98. The first kappa shape index (κ1) is 15.2. The molecule has 0 amide bonds. The summed E-state index contributed by atoms with van der Waals surface area (Å²) in [5, 5.41) is 74.6. The van der Waals surface area contributed by atoms with Gasteiger partial charge in [0.15, 0.2) is 6.10 Å².